The normalized spacial score (nSPS) is 14.6. The highest BCUT2D eigenvalue weighted by molar-refractivity contribution is 6.31. The Kier molecular flexibility index (Phi) is 4.98. The number of anilines is 3. The molecule has 5 rings (SSSR count). The Morgan fingerprint density at radius 3 is 2.73 bits per heavy atom. The minimum atomic E-state index is -0.822. The third-order valence-electron chi connectivity index (χ3n) is 5.09. The topological polar surface area (TPSA) is 98.8 Å². The molecule has 152 valence electrons. The number of rotatable bonds is 7. The van der Waals surface area contributed by atoms with E-state index in [-0.39, 0.29) is 0 Å². The largest absolute Gasteiger partial charge is 0.373 e. The monoisotopic (exact) mass is 420 g/mol. The number of hydrogen-bond donors (Lipinski definition) is 4. The Hall–Kier alpha value is -3.16. The van der Waals surface area contributed by atoms with E-state index in [0.29, 0.717) is 40.5 Å². The van der Waals surface area contributed by atoms with Gasteiger partial charge >= 0.3 is 0 Å². The van der Waals surface area contributed by atoms with E-state index in [1.807, 2.05) is 48.5 Å². The Morgan fingerprint density at radius 2 is 1.93 bits per heavy atom. The highest BCUT2D eigenvalue weighted by Crippen LogP contribution is 2.40. The van der Waals surface area contributed by atoms with Gasteiger partial charge in [-0.15, -0.1) is 0 Å². The Morgan fingerprint density at radius 1 is 1.10 bits per heavy atom. The lowest BCUT2D eigenvalue weighted by Crippen LogP contribution is -2.23. The molecular weight excluding hydrogens is 400 g/mol. The summed E-state index contributed by atoms with van der Waals surface area (Å²) in [6.45, 7) is 0. The molecule has 8 heteroatoms. The van der Waals surface area contributed by atoms with Crippen LogP contribution in [0.3, 0.4) is 0 Å². The van der Waals surface area contributed by atoms with Crippen LogP contribution in [0.2, 0.25) is 5.02 Å². The van der Waals surface area contributed by atoms with Crippen LogP contribution in [0.1, 0.15) is 30.0 Å². The van der Waals surface area contributed by atoms with E-state index in [9.17, 15) is 5.11 Å². The second-order valence-electron chi connectivity index (χ2n) is 7.51. The van der Waals surface area contributed by atoms with Crippen LogP contribution in [-0.2, 0) is 6.42 Å². The van der Waals surface area contributed by atoms with Gasteiger partial charge in [0.05, 0.1) is 5.52 Å². The molecule has 1 atom stereocenters. The fraction of sp³-hybridized carbons (Fsp3) is 0.227. The second-order valence-corrected chi connectivity index (χ2v) is 7.95. The number of fused-ring (bicyclic) bond motifs is 1. The average Bonchev–Trinajstić information content (AvgIpc) is 3.48. The third-order valence-corrected chi connectivity index (χ3v) is 5.32. The Balaban J connectivity index is 1.42. The summed E-state index contributed by atoms with van der Waals surface area (Å²) in [4.78, 5) is 9.12. The maximum atomic E-state index is 10.5. The van der Waals surface area contributed by atoms with Gasteiger partial charge in [0.15, 0.2) is 5.82 Å². The number of benzene rings is 2. The van der Waals surface area contributed by atoms with Crippen molar-refractivity contribution in [3.05, 3.63) is 70.9 Å². The van der Waals surface area contributed by atoms with Gasteiger partial charge in [0.2, 0.25) is 5.95 Å². The maximum Gasteiger partial charge on any atom is 0.227 e. The fourth-order valence-corrected chi connectivity index (χ4v) is 3.60. The molecular formula is C22H21ClN6O. The molecule has 2 aromatic heterocycles. The van der Waals surface area contributed by atoms with Crippen LogP contribution in [0.25, 0.3) is 10.9 Å². The third kappa shape index (κ3) is 4.22. The van der Waals surface area contributed by atoms with E-state index < -0.39 is 6.23 Å². The minimum Gasteiger partial charge on any atom is -0.373 e. The highest BCUT2D eigenvalue weighted by atomic mass is 35.5. The maximum absolute atomic E-state index is 10.5. The zero-order valence-electron chi connectivity index (χ0n) is 16.1. The first-order valence-corrected chi connectivity index (χ1v) is 10.3. The van der Waals surface area contributed by atoms with Crippen molar-refractivity contribution < 1.29 is 5.11 Å². The van der Waals surface area contributed by atoms with Crippen LogP contribution in [0.4, 0.5) is 17.6 Å². The van der Waals surface area contributed by atoms with Crippen molar-refractivity contribution in [2.45, 2.75) is 31.4 Å². The van der Waals surface area contributed by atoms with E-state index in [2.05, 4.69) is 30.8 Å². The molecule has 1 unspecified atom stereocenters. The van der Waals surface area contributed by atoms with Crippen molar-refractivity contribution in [2.75, 3.05) is 10.6 Å². The van der Waals surface area contributed by atoms with Crippen molar-refractivity contribution in [1.29, 1.82) is 0 Å². The summed E-state index contributed by atoms with van der Waals surface area (Å²) in [6, 6.07) is 17.2. The summed E-state index contributed by atoms with van der Waals surface area (Å²) in [5.41, 5.74) is 2.86. The first-order valence-electron chi connectivity index (χ1n) is 9.92. The van der Waals surface area contributed by atoms with Gasteiger partial charge in [-0.2, -0.15) is 10.1 Å². The Bertz CT molecular complexity index is 1170. The molecule has 0 radical (unpaired) electrons. The number of H-pyrrole nitrogens is 1. The van der Waals surface area contributed by atoms with E-state index in [1.165, 1.54) is 12.8 Å². The lowest BCUT2D eigenvalue weighted by molar-refractivity contribution is 0.203. The van der Waals surface area contributed by atoms with Crippen molar-refractivity contribution in [2.24, 2.45) is 0 Å². The lowest BCUT2D eigenvalue weighted by atomic mass is 10.1. The quantitative estimate of drug-likeness (QED) is 0.326. The number of nitrogens with one attached hydrogen (secondary N) is 3. The van der Waals surface area contributed by atoms with Crippen molar-refractivity contribution in [3.63, 3.8) is 0 Å². The second kappa shape index (κ2) is 7.93. The van der Waals surface area contributed by atoms with Gasteiger partial charge in [0, 0.05) is 34.5 Å². The Labute approximate surface area is 178 Å². The van der Waals surface area contributed by atoms with Gasteiger partial charge in [-0.1, -0.05) is 41.9 Å². The van der Waals surface area contributed by atoms with E-state index in [4.69, 9.17) is 11.6 Å². The van der Waals surface area contributed by atoms with Crippen LogP contribution < -0.4 is 10.6 Å². The van der Waals surface area contributed by atoms with Gasteiger partial charge < -0.3 is 15.7 Å². The van der Waals surface area contributed by atoms with Crippen molar-refractivity contribution in [3.8, 4) is 0 Å². The molecule has 0 aliphatic heterocycles. The molecule has 4 aromatic rings. The number of aromatic nitrogens is 4. The van der Waals surface area contributed by atoms with Crippen LogP contribution in [0.5, 0.6) is 0 Å². The zero-order valence-corrected chi connectivity index (χ0v) is 16.9. The summed E-state index contributed by atoms with van der Waals surface area (Å²) >= 11 is 6.20. The molecule has 0 amide bonds. The SMILES string of the molecule is OC(Cc1ccccc1)Nc1nc(Nc2cc(C3CC3)[nH]n2)c2cc(Cl)ccc2n1. The van der Waals surface area contributed by atoms with Crippen LogP contribution in [0, 0.1) is 0 Å². The highest BCUT2D eigenvalue weighted by Gasteiger charge is 2.25. The molecule has 7 nitrogen and oxygen atoms in total. The van der Waals surface area contributed by atoms with Crippen LogP contribution in [0.15, 0.2) is 54.6 Å². The van der Waals surface area contributed by atoms with Crippen LogP contribution >= 0.6 is 11.6 Å². The van der Waals surface area contributed by atoms with E-state index in [1.54, 1.807) is 6.07 Å². The summed E-state index contributed by atoms with van der Waals surface area (Å²) in [5.74, 6) is 2.17. The average molecular weight is 421 g/mol. The van der Waals surface area contributed by atoms with Gasteiger partial charge in [-0.25, -0.2) is 4.98 Å². The number of aliphatic hydroxyl groups is 1. The number of hydrogen-bond acceptors (Lipinski definition) is 6. The first kappa shape index (κ1) is 18.8. The standard InChI is InChI=1S/C22H21ClN6O/c23-15-8-9-17-16(11-15)21(25-19-12-18(28-29-19)14-6-7-14)27-22(24-17)26-20(30)10-13-4-2-1-3-5-13/h1-5,8-9,11-12,14,20,30H,6-7,10H2,(H3,24,25,26,27,28,29). The minimum absolute atomic E-state index is 0.328. The smallest absolute Gasteiger partial charge is 0.227 e. The molecule has 1 saturated carbocycles. The number of aliphatic hydroxyl groups excluding tert-OH is 1. The van der Waals surface area contributed by atoms with Crippen molar-refractivity contribution in [1.82, 2.24) is 20.2 Å². The molecule has 1 aliphatic carbocycles. The first-order chi connectivity index (χ1) is 14.6. The molecule has 2 heterocycles. The molecule has 1 fully saturated rings. The number of nitrogens with zero attached hydrogens (tertiary/aromatic N) is 3. The summed E-state index contributed by atoms with van der Waals surface area (Å²) in [5, 5.41) is 25.5. The predicted octanol–water partition coefficient (Wildman–Crippen LogP) is 4.60. The summed E-state index contributed by atoms with van der Waals surface area (Å²) in [7, 11) is 0. The van der Waals surface area contributed by atoms with Gasteiger partial charge in [0.25, 0.3) is 0 Å². The van der Waals surface area contributed by atoms with E-state index >= 15 is 0 Å². The van der Waals surface area contributed by atoms with Gasteiger partial charge in [0.1, 0.15) is 12.0 Å². The van der Waals surface area contributed by atoms with Gasteiger partial charge in [-0.05, 0) is 36.6 Å². The summed E-state index contributed by atoms with van der Waals surface area (Å²) in [6.07, 6.45) is 2.01. The number of halogens is 1. The molecule has 1 aliphatic rings. The molecule has 4 N–H and O–H groups in total. The predicted molar refractivity (Wildman–Crippen MR) is 118 cm³/mol. The molecule has 0 spiro atoms. The lowest BCUT2D eigenvalue weighted by Gasteiger charge is -2.15. The fourth-order valence-electron chi connectivity index (χ4n) is 3.42. The van der Waals surface area contributed by atoms with Crippen LogP contribution in [-0.4, -0.2) is 31.5 Å². The van der Waals surface area contributed by atoms with Crippen molar-refractivity contribution >= 4 is 40.1 Å². The molecule has 0 bridgehead atoms. The van der Waals surface area contributed by atoms with E-state index in [0.717, 1.165) is 16.6 Å². The zero-order chi connectivity index (χ0) is 20.5. The molecule has 30 heavy (non-hydrogen) atoms. The molecule has 0 saturated heterocycles. The summed E-state index contributed by atoms with van der Waals surface area (Å²) < 4.78 is 0. The molecule has 2 aromatic carbocycles. The van der Waals surface area contributed by atoms with Gasteiger partial charge in [-0.3, -0.25) is 5.10 Å². The number of aromatic amines is 1.